The second-order valence-electron chi connectivity index (χ2n) is 9.20. The molecule has 0 fully saturated rings. The third kappa shape index (κ3) is 5.04. The van der Waals surface area contributed by atoms with Crippen LogP contribution in [0.1, 0.15) is 34.1 Å². The summed E-state index contributed by atoms with van der Waals surface area (Å²) < 4.78 is 9.83. The van der Waals surface area contributed by atoms with Gasteiger partial charge < -0.3 is 8.35 Å². The molecule has 0 saturated heterocycles. The van der Waals surface area contributed by atoms with Crippen molar-refractivity contribution in [3.8, 4) is 0 Å². The molecule has 0 saturated carbocycles. The van der Waals surface area contributed by atoms with Crippen LogP contribution in [0.25, 0.3) is 0 Å². The third-order valence-corrected chi connectivity index (χ3v) is 21.5. The van der Waals surface area contributed by atoms with Crippen LogP contribution >= 0.6 is 0 Å². The summed E-state index contributed by atoms with van der Waals surface area (Å²) >= 11 is 0. The lowest BCUT2D eigenvalue weighted by Crippen LogP contribution is -2.71. The summed E-state index contributed by atoms with van der Waals surface area (Å²) in [6.07, 6.45) is 1.14. The standard InChI is InChI=1S/C20H39NOSi3/c1-11-18-21(23(6,7)19-16-14-13-15-17-19)25(10,12-2)22-24(8,9)20(3,4)5/h12-17H,2,11,18H2,1,3-10H3. The van der Waals surface area contributed by atoms with Crippen molar-refractivity contribution in [1.82, 2.24) is 4.23 Å². The summed E-state index contributed by atoms with van der Waals surface area (Å²) in [6, 6.07) is 11.0. The molecule has 25 heavy (non-hydrogen) atoms. The Morgan fingerprint density at radius 3 is 1.96 bits per heavy atom. The molecule has 1 rings (SSSR count). The van der Waals surface area contributed by atoms with Gasteiger partial charge in [-0.15, -0.1) is 6.58 Å². The predicted octanol–water partition coefficient (Wildman–Crippen LogP) is 5.63. The van der Waals surface area contributed by atoms with Crippen LogP contribution in [-0.4, -0.2) is 35.8 Å². The summed E-state index contributed by atoms with van der Waals surface area (Å²) in [5, 5.41) is 1.68. The van der Waals surface area contributed by atoms with Crippen molar-refractivity contribution in [3.05, 3.63) is 42.6 Å². The average Bonchev–Trinajstić information content (AvgIpc) is 2.51. The van der Waals surface area contributed by atoms with Crippen molar-refractivity contribution in [2.45, 2.75) is 71.9 Å². The van der Waals surface area contributed by atoms with Gasteiger partial charge in [0.25, 0.3) is 8.48 Å². The minimum Gasteiger partial charge on any atom is -0.441 e. The van der Waals surface area contributed by atoms with Crippen LogP contribution in [0, 0.1) is 0 Å². The Kier molecular flexibility index (Phi) is 7.26. The number of nitrogens with zero attached hydrogens (tertiary/aromatic N) is 1. The van der Waals surface area contributed by atoms with Crippen LogP contribution in [0.2, 0.25) is 37.8 Å². The van der Waals surface area contributed by atoms with Crippen LogP contribution in [0.3, 0.4) is 0 Å². The number of hydrogen-bond acceptors (Lipinski definition) is 2. The molecule has 2 nitrogen and oxygen atoms in total. The van der Waals surface area contributed by atoms with Crippen molar-refractivity contribution < 1.29 is 4.12 Å². The molecule has 0 N–H and O–H groups in total. The van der Waals surface area contributed by atoms with E-state index in [1.165, 1.54) is 5.19 Å². The van der Waals surface area contributed by atoms with Gasteiger partial charge in [0.15, 0.2) is 8.32 Å². The highest BCUT2D eigenvalue weighted by Crippen LogP contribution is 2.39. The molecule has 0 bridgehead atoms. The van der Waals surface area contributed by atoms with Crippen LogP contribution < -0.4 is 5.19 Å². The molecule has 5 heteroatoms. The Morgan fingerprint density at radius 1 is 1.04 bits per heavy atom. The highest BCUT2D eigenvalue weighted by molar-refractivity contribution is 7.00. The lowest BCUT2D eigenvalue weighted by Gasteiger charge is -2.51. The summed E-state index contributed by atoms with van der Waals surface area (Å²) in [6.45, 7) is 26.6. The fraction of sp³-hybridized carbons (Fsp3) is 0.600. The van der Waals surface area contributed by atoms with Gasteiger partial charge in [-0.05, 0) is 42.8 Å². The van der Waals surface area contributed by atoms with Gasteiger partial charge in [0, 0.05) is 0 Å². The highest BCUT2D eigenvalue weighted by Gasteiger charge is 2.49. The van der Waals surface area contributed by atoms with E-state index in [0.717, 1.165) is 13.0 Å². The third-order valence-electron chi connectivity index (χ3n) is 5.78. The molecule has 0 aliphatic heterocycles. The van der Waals surface area contributed by atoms with Gasteiger partial charge in [-0.3, -0.25) is 0 Å². The molecule has 1 unspecified atom stereocenters. The molecule has 1 aromatic rings. The first kappa shape index (κ1) is 22.6. The molecular weight excluding hydrogens is 354 g/mol. The van der Waals surface area contributed by atoms with Gasteiger partial charge in [-0.2, -0.15) is 0 Å². The number of benzene rings is 1. The van der Waals surface area contributed by atoms with E-state index >= 15 is 0 Å². The molecule has 0 aromatic heterocycles. The largest absolute Gasteiger partial charge is 0.441 e. The van der Waals surface area contributed by atoms with E-state index in [4.69, 9.17) is 4.12 Å². The molecule has 0 aliphatic rings. The second-order valence-corrected chi connectivity index (χ2v) is 22.3. The summed E-state index contributed by atoms with van der Waals surface area (Å²) in [5.41, 5.74) is 2.17. The van der Waals surface area contributed by atoms with E-state index in [1.54, 1.807) is 0 Å². The van der Waals surface area contributed by atoms with Crippen molar-refractivity contribution in [2.24, 2.45) is 0 Å². The van der Waals surface area contributed by atoms with Gasteiger partial charge in [0.05, 0.1) is 0 Å². The van der Waals surface area contributed by atoms with Crippen LogP contribution in [-0.2, 0) is 4.12 Å². The first-order valence-electron chi connectivity index (χ1n) is 9.49. The van der Waals surface area contributed by atoms with Crippen molar-refractivity contribution in [3.63, 3.8) is 0 Å². The van der Waals surface area contributed by atoms with E-state index in [-0.39, 0.29) is 5.04 Å². The zero-order valence-corrected chi connectivity index (χ0v) is 20.9. The molecule has 0 amide bonds. The normalized spacial score (nSPS) is 15.9. The Bertz CT molecular complexity index is 566. The fourth-order valence-electron chi connectivity index (χ4n) is 3.16. The van der Waals surface area contributed by atoms with E-state index in [1.807, 2.05) is 0 Å². The van der Waals surface area contributed by atoms with Gasteiger partial charge in [-0.1, -0.05) is 76.8 Å². The molecule has 0 heterocycles. The van der Waals surface area contributed by atoms with Crippen molar-refractivity contribution >= 4 is 30.2 Å². The van der Waals surface area contributed by atoms with Gasteiger partial charge in [0.2, 0.25) is 0 Å². The Hall–Kier alpha value is -0.469. The summed E-state index contributed by atoms with van der Waals surface area (Å²) in [7, 11) is -5.90. The second kappa shape index (κ2) is 8.05. The molecule has 1 atom stereocenters. The lowest BCUT2D eigenvalue weighted by atomic mass is 10.2. The lowest BCUT2D eigenvalue weighted by molar-refractivity contribution is 0.425. The molecule has 1 aromatic carbocycles. The van der Waals surface area contributed by atoms with E-state index in [9.17, 15) is 0 Å². The quantitative estimate of drug-likeness (QED) is 0.531. The van der Waals surface area contributed by atoms with Gasteiger partial charge >= 0.3 is 0 Å². The Labute approximate surface area is 159 Å². The zero-order valence-electron chi connectivity index (χ0n) is 17.9. The van der Waals surface area contributed by atoms with Crippen LogP contribution in [0.15, 0.2) is 42.6 Å². The summed E-state index contributed by atoms with van der Waals surface area (Å²) in [4.78, 5) is 0. The van der Waals surface area contributed by atoms with Gasteiger partial charge in [0.1, 0.15) is 8.24 Å². The van der Waals surface area contributed by atoms with E-state index in [2.05, 4.69) is 107 Å². The average molecular weight is 394 g/mol. The fourth-order valence-corrected chi connectivity index (χ4v) is 17.8. The highest BCUT2D eigenvalue weighted by atomic mass is 28.5. The smallest absolute Gasteiger partial charge is 0.277 e. The Morgan fingerprint density at radius 2 is 1.56 bits per heavy atom. The molecule has 0 radical (unpaired) electrons. The summed E-state index contributed by atoms with van der Waals surface area (Å²) in [5.74, 6) is 0. The molecule has 0 aliphatic carbocycles. The van der Waals surface area contributed by atoms with Crippen LogP contribution in [0.4, 0.5) is 0 Å². The molecule has 142 valence electrons. The number of rotatable bonds is 8. The topological polar surface area (TPSA) is 12.5 Å². The SMILES string of the molecule is C=C[Si](C)(O[Si](C)(C)C(C)(C)C)N(CCC)[Si](C)(C)c1ccccc1. The zero-order chi connectivity index (χ0) is 19.5. The van der Waals surface area contributed by atoms with Crippen molar-refractivity contribution in [1.29, 1.82) is 0 Å². The van der Waals surface area contributed by atoms with Crippen molar-refractivity contribution in [2.75, 3.05) is 6.54 Å². The molecule has 0 spiro atoms. The maximum absolute atomic E-state index is 7.08. The minimum atomic E-state index is -2.22. The van der Waals surface area contributed by atoms with Crippen LogP contribution in [0.5, 0.6) is 0 Å². The first-order chi connectivity index (χ1) is 11.3. The maximum Gasteiger partial charge on any atom is 0.277 e. The monoisotopic (exact) mass is 393 g/mol. The first-order valence-corrected chi connectivity index (χ1v) is 17.8. The van der Waals surface area contributed by atoms with Gasteiger partial charge in [-0.25, -0.2) is 0 Å². The minimum absolute atomic E-state index is 0.209. The predicted molar refractivity (Wildman–Crippen MR) is 121 cm³/mol. The number of hydrogen-bond donors (Lipinski definition) is 0. The molecular formula is C20H39NOSi3. The maximum atomic E-state index is 7.08. The Balaban J connectivity index is 3.36. The van der Waals surface area contributed by atoms with E-state index in [0.29, 0.717) is 0 Å². The van der Waals surface area contributed by atoms with E-state index < -0.39 is 25.0 Å².